The number of carbonyl (C=O) groups is 1. The van der Waals surface area contributed by atoms with Gasteiger partial charge in [0.25, 0.3) is 0 Å². The Morgan fingerprint density at radius 1 is 1.30 bits per heavy atom. The van der Waals surface area contributed by atoms with E-state index in [0.717, 1.165) is 29.8 Å². The van der Waals surface area contributed by atoms with Crippen LogP contribution in [-0.4, -0.2) is 27.1 Å². The normalized spacial score (nSPS) is 17.1. The van der Waals surface area contributed by atoms with Crippen LogP contribution in [0.3, 0.4) is 0 Å². The molecule has 0 radical (unpaired) electrons. The summed E-state index contributed by atoms with van der Waals surface area (Å²) in [7, 11) is 0. The molecule has 1 atom stereocenters. The highest BCUT2D eigenvalue weighted by Crippen LogP contribution is 2.28. The predicted molar refractivity (Wildman–Crippen MR) is 89.2 cm³/mol. The molecule has 0 aliphatic heterocycles. The minimum atomic E-state index is -0.910. The average Bonchev–Trinajstić information content (AvgIpc) is 3.00. The lowest BCUT2D eigenvalue weighted by atomic mass is 9.82. The van der Waals surface area contributed by atoms with Crippen molar-refractivity contribution in [3.63, 3.8) is 0 Å². The standard InChI is InChI=1S/C18H23N3O2/c19-15(12-4-2-1-3-5-12)11-17-14(18(22)23)10-16(21-17)13-6-8-20-9-7-13/h6-10,12,15,21H,1-5,11,19H2,(H,22,23). The number of aromatic nitrogens is 2. The molecule has 1 aliphatic carbocycles. The summed E-state index contributed by atoms with van der Waals surface area (Å²) >= 11 is 0. The number of carboxylic acids is 1. The first kappa shape index (κ1) is 15.7. The van der Waals surface area contributed by atoms with Gasteiger partial charge in [0, 0.05) is 41.8 Å². The Labute approximate surface area is 135 Å². The molecule has 1 saturated carbocycles. The van der Waals surface area contributed by atoms with Gasteiger partial charge in [-0.25, -0.2) is 4.79 Å². The van der Waals surface area contributed by atoms with Crippen LogP contribution in [0.2, 0.25) is 0 Å². The van der Waals surface area contributed by atoms with E-state index in [0.29, 0.717) is 17.9 Å². The molecule has 4 N–H and O–H groups in total. The number of pyridine rings is 1. The number of hydrogen-bond acceptors (Lipinski definition) is 3. The lowest BCUT2D eigenvalue weighted by Crippen LogP contribution is -2.34. The van der Waals surface area contributed by atoms with Crippen LogP contribution in [0.4, 0.5) is 0 Å². The van der Waals surface area contributed by atoms with Gasteiger partial charge in [-0.3, -0.25) is 4.98 Å². The van der Waals surface area contributed by atoms with Crippen molar-refractivity contribution in [1.82, 2.24) is 9.97 Å². The summed E-state index contributed by atoms with van der Waals surface area (Å²) in [6.07, 6.45) is 10.0. The van der Waals surface area contributed by atoms with Crippen molar-refractivity contribution in [2.24, 2.45) is 11.7 Å². The quantitative estimate of drug-likeness (QED) is 0.790. The molecule has 0 bridgehead atoms. The van der Waals surface area contributed by atoms with Crippen molar-refractivity contribution in [3.05, 3.63) is 41.9 Å². The van der Waals surface area contributed by atoms with Crippen LogP contribution in [-0.2, 0) is 6.42 Å². The van der Waals surface area contributed by atoms with E-state index in [1.54, 1.807) is 18.5 Å². The second-order valence-electron chi connectivity index (χ2n) is 6.38. The number of hydrogen-bond donors (Lipinski definition) is 3. The topological polar surface area (TPSA) is 92.0 Å². The maximum atomic E-state index is 11.6. The highest BCUT2D eigenvalue weighted by atomic mass is 16.4. The zero-order chi connectivity index (χ0) is 16.2. The summed E-state index contributed by atoms with van der Waals surface area (Å²) in [5, 5.41) is 9.48. The van der Waals surface area contributed by atoms with Gasteiger partial charge in [0.05, 0.1) is 5.56 Å². The lowest BCUT2D eigenvalue weighted by molar-refractivity contribution is 0.0695. The van der Waals surface area contributed by atoms with E-state index < -0.39 is 5.97 Å². The Bertz CT molecular complexity index is 660. The Kier molecular flexibility index (Phi) is 4.76. The number of nitrogens with zero attached hydrogens (tertiary/aromatic N) is 1. The molecule has 3 rings (SSSR count). The molecule has 23 heavy (non-hydrogen) atoms. The molecule has 0 saturated heterocycles. The van der Waals surface area contributed by atoms with Crippen molar-refractivity contribution in [2.45, 2.75) is 44.6 Å². The van der Waals surface area contributed by atoms with Crippen LogP contribution in [0.5, 0.6) is 0 Å². The van der Waals surface area contributed by atoms with Gasteiger partial charge in [-0.05, 0) is 37.0 Å². The summed E-state index contributed by atoms with van der Waals surface area (Å²) in [5.74, 6) is -0.412. The third kappa shape index (κ3) is 3.62. The van der Waals surface area contributed by atoms with Gasteiger partial charge in [0.1, 0.15) is 0 Å². The molecule has 1 fully saturated rings. The van der Waals surface area contributed by atoms with Gasteiger partial charge in [-0.1, -0.05) is 19.3 Å². The molecule has 5 nitrogen and oxygen atoms in total. The van der Waals surface area contributed by atoms with Crippen molar-refractivity contribution < 1.29 is 9.90 Å². The first-order chi connectivity index (χ1) is 11.1. The van der Waals surface area contributed by atoms with Crippen molar-refractivity contribution in [1.29, 1.82) is 0 Å². The predicted octanol–water partition coefficient (Wildman–Crippen LogP) is 3.23. The summed E-state index contributed by atoms with van der Waals surface area (Å²) < 4.78 is 0. The molecular weight excluding hydrogens is 290 g/mol. The third-order valence-electron chi connectivity index (χ3n) is 4.82. The third-order valence-corrected chi connectivity index (χ3v) is 4.82. The summed E-state index contributed by atoms with van der Waals surface area (Å²) in [6.45, 7) is 0. The fourth-order valence-electron chi connectivity index (χ4n) is 3.50. The van der Waals surface area contributed by atoms with Gasteiger partial charge >= 0.3 is 5.97 Å². The highest BCUT2D eigenvalue weighted by Gasteiger charge is 2.24. The highest BCUT2D eigenvalue weighted by molar-refractivity contribution is 5.91. The van der Waals surface area contributed by atoms with Crippen molar-refractivity contribution in [3.8, 4) is 11.3 Å². The van der Waals surface area contributed by atoms with E-state index in [2.05, 4.69) is 9.97 Å². The first-order valence-electron chi connectivity index (χ1n) is 8.26. The van der Waals surface area contributed by atoms with E-state index >= 15 is 0 Å². The van der Waals surface area contributed by atoms with Gasteiger partial charge in [0.2, 0.25) is 0 Å². The number of aromatic carboxylic acids is 1. The summed E-state index contributed by atoms with van der Waals surface area (Å²) in [5.41, 5.74) is 9.15. The number of H-pyrrole nitrogens is 1. The molecule has 1 unspecified atom stereocenters. The Hall–Kier alpha value is -2.14. The maximum absolute atomic E-state index is 11.6. The molecule has 122 valence electrons. The molecule has 0 spiro atoms. The smallest absolute Gasteiger partial charge is 0.337 e. The van der Waals surface area contributed by atoms with Gasteiger partial charge in [-0.15, -0.1) is 0 Å². The van der Waals surface area contributed by atoms with Crippen LogP contribution in [0.1, 0.15) is 48.2 Å². The SMILES string of the molecule is NC(Cc1[nH]c(-c2ccncc2)cc1C(=O)O)C1CCCCC1. The first-order valence-corrected chi connectivity index (χ1v) is 8.26. The Morgan fingerprint density at radius 2 is 2.00 bits per heavy atom. The van der Waals surface area contributed by atoms with Gasteiger partial charge in [-0.2, -0.15) is 0 Å². The Balaban J connectivity index is 1.83. The molecule has 0 amide bonds. The minimum Gasteiger partial charge on any atom is -0.478 e. The average molecular weight is 313 g/mol. The second kappa shape index (κ2) is 6.96. The number of rotatable bonds is 5. The Morgan fingerprint density at radius 3 is 2.65 bits per heavy atom. The van der Waals surface area contributed by atoms with Gasteiger partial charge in [0.15, 0.2) is 0 Å². The van der Waals surface area contributed by atoms with E-state index in [1.165, 1.54) is 19.3 Å². The molecule has 2 aromatic heterocycles. The van der Waals surface area contributed by atoms with Crippen LogP contribution < -0.4 is 5.73 Å². The van der Waals surface area contributed by atoms with E-state index in [9.17, 15) is 9.90 Å². The number of aromatic amines is 1. The zero-order valence-corrected chi connectivity index (χ0v) is 13.2. The van der Waals surface area contributed by atoms with Crippen LogP contribution in [0.15, 0.2) is 30.6 Å². The molecule has 2 heterocycles. The van der Waals surface area contributed by atoms with E-state index in [1.807, 2.05) is 12.1 Å². The second-order valence-corrected chi connectivity index (χ2v) is 6.38. The van der Waals surface area contributed by atoms with Crippen LogP contribution in [0, 0.1) is 5.92 Å². The van der Waals surface area contributed by atoms with Crippen LogP contribution in [0.25, 0.3) is 11.3 Å². The molecule has 0 aromatic carbocycles. The summed E-state index contributed by atoms with van der Waals surface area (Å²) in [6, 6.07) is 5.43. The molecule has 5 heteroatoms. The zero-order valence-electron chi connectivity index (χ0n) is 13.2. The van der Waals surface area contributed by atoms with Gasteiger partial charge < -0.3 is 15.8 Å². The van der Waals surface area contributed by atoms with Crippen molar-refractivity contribution in [2.75, 3.05) is 0 Å². The van der Waals surface area contributed by atoms with E-state index in [4.69, 9.17) is 5.73 Å². The molecular formula is C18H23N3O2. The fourth-order valence-corrected chi connectivity index (χ4v) is 3.50. The molecule has 2 aromatic rings. The largest absolute Gasteiger partial charge is 0.478 e. The summed E-state index contributed by atoms with van der Waals surface area (Å²) in [4.78, 5) is 18.8. The maximum Gasteiger partial charge on any atom is 0.337 e. The molecule has 1 aliphatic rings. The monoisotopic (exact) mass is 313 g/mol. The minimum absolute atomic E-state index is 0.0114. The van der Waals surface area contributed by atoms with Crippen molar-refractivity contribution >= 4 is 5.97 Å². The number of nitrogens with one attached hydrogen (secondary N) is 1. The van der Waals surface area contributed by atoms with E-state index in [-0.39, 0.29) is 6.04 Å². The fraction of sp³-hybridized carbons (Fsp3) is 0.444. The lowest BCUT2D eigenvalue weighted by Gasteiger charge is -2.27. The number of carboxylic acid groups (broad SMARTS) is 1. The van der Waals surface area contributed by atoms with Crippen LogP contribution >= 0.6 is 0 Å². The number of nitrogens with two attached hydrogens (primary N) is 1.